The minimum absolute atomic E-state index is 0.156. The summed E-state index contributed by atoms with van der Waals surface area (Å²) in [5.41, 5.74) is 0.874. The monoisotopic (exact) mass is 393 g/mol. The van der Waals surface area contributed by atoms with Crippen LogP contribution < -0.4 is 4.74 Å². The van der Waals surface area contributed by atoms with Gasteiger partial charge >= 0.3 is 0 Å². The van der Waals surface area contributed by atoms with Crippen molar-refractivity contribution in [3.63, 3.8) is 0 Å². The van der Waals surface area contributed by atoms with E-state index in [4.69, 9.17) is 21.1 Å². The lowest BCUT2D eigenvalue weighted by Gasteiger charge is -2.27. The number of aliphatic hydroxyl groups is 1. The van der Waals surface area contributed by atoms with Crippen LogP contribution in [0.1, 0.15) is 18.4 Å². The number of rotatable bonds is 9. The normalized spacial score (nSPS) is 18.0. The van der Waals surface area contributed by atoms with Crippen LogP contribution in [-0.2, 0) is 11.3 Å². The molecule has 27 heavy (non-hydrogen) atoms. The number of halogens is 2. The molecule has 4 nitrogen and oxygen atoms in total. The Morgan fingerprint density at radius 3 is 2.78 bits per heavy atom. The first-order valence-electron chi connectivity index (χ1n) is 9.23. The number of hydrogen-bond donors (Lipinski definition) is 1. The molecule has 0 bridgehead atoms. The molecule has 1 aliphatic heterocycles. The van der Waals surface area contributed by atoms with Gasteiger partial charge in [-0.05, 0) is 54.8 Å². The first kappa shape index (κ1) is 20.1. The molecule has 0 spiro atoms. The van der Waals surface area contributed by atoms with E-state index in [0.717, 1.165) is 25.0 Å². The quantitative estimate of drug-likeness (QED) is 0.701. The number of aliphatic hydroxyl groups excluding tert-OH is 1. The number of nitrogens with zero attached hydrogens (tertiary/aromatic N) is 1. The van der Waals surface area contributed by atoms with Gasteiger partial charge in [0.25, 0.3) is 0 Å². The second-order valence-electron chi connectivity index (χ2n) is 6.88. The Morgan fingerprint density at radius 2 is 2.07 bits per heavy atom. The van der Waals surface area contributed by atoms with E-state index in [0.29, 0.717) is 30.4 Å². The second-order valence-corrected chi connectivity index (χ2v) is 7.31. The molecule has 2 aromatic rings. The molecule has 1 heterocycles. The molecule has 2 unspecified atom stereocenters. The van der Waals surface area contributed by atoms with Crippen molar-refractivity contribution in [1.82, 2.24) is 4.90 Å². The molecule has 0 radical (unpaired) electrons. The fourth-order valence-electron chi connectivity index (χ4n) is 3.25. The fraction of sp³-hybridized carbons (Fsp3) is 0.429. The zero-order valence-corrected chi connectivity index (χ0v) is 15.9. The largest absolute Gasteiger partial charge is 0.491 e. The van der Waals surface area contributed by atoms with Gasteiger partial charge in [0, 0.05) is 31.3 Å². The summed E-state index contributed by atoms with van der Waals surface area (Å²) in [6.45, 7) is 2.63. The van der Waals surface area contributed by atoms with Crippen molar-refractivity contribution in [2.24, 2.45) is 0 Å². The molecule has 0 saturated carbocycles. The van der Waals surface area contributed by atoms with Crippen LogP contribution in [0, 0.1) is 5.82 Å². The molecule has 6 heteroatoms. The van der Waals surface area contributed by atoms with Crippen LogP contribution in [0.4, 0.5) is 4.39 Å². The molecule has 1 aliphatic rings. The lowest BCUT2D eigenvalue weighted by molar-refractivity contribution is 0.0313. The van der Waals surface area contributed by atoms with Crippen LogP contribution in [0.5, 0.6) is 5.75 Å². The second kappa shape index (κ2) is 10.0. The molecule has 146 valence electrons. The Labute approximate surface area is 164 Å². The molecular weight excluding hydrogens is 369 g/mol. The molecule has 2 aromatic carbocycles. The number of hydrogen-bond acceptors (Lipinski definition) is 4. The van der Waals surface area contributed by atoms with Crippen LogP contribution in [0.15, 0.2) is 48.5 Å². The molecule has 1 saturated heterocycles. The van der Waals surface area contributed by atoms with Gasteiger partial charge in [-0.15, -0.1) is 0 Å². The summed E-state index contributed by atoms with van der Waals surface area (Å²) in [5, 5.41) is 11.1. The van der Waals surface area contributed by atoms with Gasteiger partial charge < -0.3 is 14.6 Å². The Balaban J connectivity index is 1.56. The van der Waals surface area contributed by atoms with Crippen LogP contribution in [0.3, 0.4) is 0 Å². The van der Waals surface area contributed by atoms with Gasteiger partial charge in [-0.1, -0.05) is 23.7 Å². The number of benzene rings is 2. The zero-order valence-electron chi connectivity index (χ0n) is 15.2. The van der Waals surface area contributed by atoms with E-state index in [1.807, 2.05) is 6.07 Å². The van der Waals surface area contributed by atoms with E-state index < -0.39 is 6.10 Å². The Morgan fingerprint density at radius 1 is 1.26 bits per heavy atom. The van der Waals surface area contributed by atoms with Gasteiger partial charge in [-0.3, -0.25) is 4.90 Å². The fourth-order valence-corrected chi connectivity index (χ4v) is 3.37. The van der Waals surface area contributed by atoms with Gasteiger partial charge in [-0.25, -0.2) is 4.39 Å². The van der Waals surface area contributed by atoms with Crippen molar-refractivity contribution in [2.45, 2.75) is 31.6 Å². The van der Waals surface area contributed by atoms with Crippen molar-refractivity contribution < 1.29 is 19.0 Å². The van der Waals surface area contributed by atoms with Gasteiger partial charge in [-0.2, -0.15) is 0 Å². The first-order valence-corrected chi connectivity index (χ1v) is 9.61. The van der Waals surface area contributed by atoms with Crippen molar-refractivity contribution in [2.75, 3.05) is 26.3 Å². The van der Waals surface area contributed by atoms with Gasteiger partial charge in [0.1, 0.15) is 24.3 Å². The molecule has 1 N–H and O–H groups in total. The summed E-state index contributed by atoms with van der Waals surface area (Å²) >= 11 is 5.86. The molecule has 0 aromatic heterocycles. The molecular formula is C21H25ClFNO3. The lowest BCUT2D eigenvalue weighted by Crippen LogP contribution is -2.39. The van der Waals surface area contributed by atoms with E-state index in [1.54, 1.807) is 30.3 Å². The maximum absolute atomic E-state index is 13.5. The standard InChI is InChI=1S/C21H25ClFNO3/c22-17-6-8-20(9-7-17)27-15-19(25)13-24(14-21-5-2-10-26-21)12-16-3-1-4-18(23)11-16/h1,3-4,6-9,11,19,21,25H,2,5,10,12-15H2. The van der Waals surface area contributed by atoms with Crippen molar-refractivity contribution >= 4 is 11.6 Å². The van der Waals surface area contributed by atoms with Gasteiger partial charge in [0.15, 0.2) is 0 Å². The van der Waals surface area contributed by atoms with Gasteiger partial charge in [0.05, 0.1) is 6.10 Å². The minimum atomic E-state index is -0.671. The Bertz CT molecular complexity index is 707. The van der Waals surface area contributed by atoms with E-state index >= 15 is 0 Å². The summed E-state index contributed by atoms with van der Waals surface area (Å²) in [6, 6.07) is 13.6. The predicted octanol–water partition coefficient (Wildman–Crippen LogP) is 3.90. The maximum Gasteiger partial charge on any atom is 0.123 e. The molecule has 2 atom stereocenters. The van der Waals surface area contributed by atoms with Crippen molar-refractivity contribution in [3.8, 4) is 5.75 Å². The summed E-state index contributed by atoms with van der Waals surface area (Å²) in [4.78, 5) is 2.10. The van der Waals surface area contributed by atoms with E-state index in [-0.39, 0.29) is 18.5 Å². The summed E-state index contributed by atoms with van der Waals surface area (Å²) in [7, 11) is 0. The summed E-state index contributed by atoms with van der Waals surface area (Å²) in [5.74, 6) is 0.408. The minimum Gasteiger partial charge on any atom is -0.491 e. The number of ether oxygens (including phenoxy) is 2. The Hall–Kier alpha value is -1.66. The van der Waals surface area contributed by atoms with Gasteiger partial charge in [0.2, 0.25) is 0 Å². The van der Waals surface area contributed by atoms with E-state index in [2.05, 4.69) is 4.90 Å². The highest BCUT2D eigenvalue weighted by atomic mass is 35.5. The highest BCUT2D eigenvalue weighted by Gasteiger charge is 2.21. The predicted molar refractivity (Wildman–Crippen MR) is 104 cm³/mol. The average Bonchev–Trinajstić information content (AvgIpc) is 3.14. The average molecular weight is 394 g/mol. The maximum atomic E-state index is 13.5. The van der Waals surface area contributed by atoms with Crippen LogP contribution >= 0.6 is 11.6 Å². The SMILES string of the molecule is OC(COc1ccc(Cl)cc1)CN(Cc1cccc(F)c1)CC1CCCO1. The van der Waals surface area contributed by atoms with Crippen LogP contribution in [0.25, 0.3) is 0 Å². The van der Waals surface area contributed by atoms with E-state index in [9.17, 15) is 9.50 Å². The third kappa shape index (κ3) is 6.78. The third-order valence-corrected chi connectivity index (χ3v) is 4.76. The Kier molecular flexibility index (Phi) is 7.47. The van der Waals surface area contributed by atoms with Crippen LogP contribution in [0.2, 0.25) is 5.02 Å². The smallest absolute Gasteiger partial charge is 0.123 e. The molecule has 3 rings (SSSR count). The first-order chi connectivity index (χ1) is 13.1. The van der Waals surface area contributed by atoms with E-state index in [1.165, 1.54) is 12.1 Å². The van der Waals surface area contributed by atoms with Crippen molar-refractivity contribution in [1.29, 1.82) is 0 Å². The summed E-state index contributed by atoms with van der Waals surface area (Å²) in [6.07, 6.45) is 1.55. The highest BCUT2D eigenvalue weighted by Crippen LogP contribution is 2.18. The molecule has 0 aliphatic carbocycles. The molecule has 0 amide bonds. The molecule has 1 fully saturated rings. The zero-order chi connectivity index (χ0) is 19.1. The lowest BCUT2D eigenvalue weighted by atomic mass is 10.1. The summed E-state index contributed by atoms with van der Waals surface area (Å²) < 4.78 is 24.9. The van der Waals surface area contributed by atoms with Crippen molar-refractivity contribution in [3.05, 3.63) is 64.9 Å². The topological polar surface area (TPSA) is 41.9 Å². The third-order valence-electron chi connectivity index (χ3n) is 4.51. The highest BCUT2D eigenvalue weighted by molar-refractivity contribution is 6.30. The van der Waals surface area contributed by atoms with Crippen LogP contribution in [-0.4, -0.2) is 48.5 Å².